The molecule has 0 spiro atoms. The highest BCUT2D eigenvalue weighted by Crippen LogP contribution is 2.30. The first-order valence-electron chi connectivity index (χ1n) is 7.01. The molecule has 0 radical (unpaired) electrons. The van der Waals surface area contributed by atoms with Crippen molar-refractivity contribution in [1.82, 2.24) is 0 Å². The molecule has 1 saturated heterocycles. The Bertz CT molecular complexity index is 392. The number of nitrogen functional groups attached to an aromatic ring is 1. The van der Waals surface area contributed by atoms with Crippen molar-refractivity contribution in [3.8, 4) is 5.75 Å². The summed E-state index contributed by atoms with van der Waals surface area (Å²) in [6, 6.07) is 6.14. The Morgan fingerprint density at radius 2 is 2.22 bits per heavy atom. The summed E-state index contributed by atoms with van der Waals surface area (Å²) in [4.78, 5) is 2.46. The molecule has 1 aliphatic heterocycles. The monoisotopic (exact) mass is 248 g/mol. The SMILES string of the molecule is CCOc1cc(N2CCCC(CC)C2)ccc1N. The molecule has 0 bridgehead atoms. The molecular weight excluding hydrogens is 224 g/mol. The standard InChI is InChI=1S/C15H24N2O/c1-3-12-6-5-9-17(11-12)13-7-8-14(16)15(10-13)18-4-2/h7-8,10,12H,3-6,9,11,16H2,1-2H3. The van der Waals surface area contributed by atoms with Gasteiger partial charge < -0.3 is 15.4 Å². The average Bonchev–Trinajstić information content (AvgIpc) is 2.41. The maximum Gasteiger partial charge on any atom is 0.144 e. The minimum atomic E-state index is 0.658. The molecule has 2 N–H and O–H groups in total. The Morgan fingerprint density at radius 3 is 2.94 bits per heavy atom. The molecule has 3 heteroatoms. The first-order chi connectivity index (χ1) is 8.74. The quantitative estimate of drug-likeness (QED) is 0.831. The number of benzene rings is 1. The number of hydrogen-bond donors (Lipinski definition) is 1. The molecule has 1 fully saturated rings. The van der Waals surface area contributed by atoms with E-state index in [0.29, 0.717) is 6.61 Å². The Hall–Kier alpha value is -1.38. The lowest BCUT2D eigenvalue weighted by Gasteiger charge is -2.34. The molecule has 1 aromatic rings. The van der Waals surface area contributed by atoms with Crippen molar-refractivity contribution in [2.24, 2.45) is 5.92 Å². The number of piperidine rings is 1. The third-order valence-electron chi connectivity index (χ3n) is 3.76. The zero-order valence-electron chi connectivity index (χ0n) is 11.5. The largest absolute Gasteiger partial charge is 0.492 e. The molecule has 1 aliphatic rings. The van der Waals surface area contributed by atoms with Crippen LogP contribution in [0.2, 0.25) is 0 Å². The van der Waals surface area contributed by atoms with E-state index in [9.17, 15) is 0 Å². The second kappa shape index (κ2) is 5.98. The number of nitrogens with two attached hydrogens (primary N) is 1. The molecule has 1 heterocycles. The van der Waals surface area contributed by atoms with E-state index in [1.165, 1.54) is 24.9 Å². The molecule has 3 nitrogen and oxygen atoms in total. The predicted octanol–water partition coefficient (Wildman–Crippen LogP) is 3.29. The fraction of sp³-hybridized carbons (Fsp3) is 0.600. The van der Waals surface area contributed by atoms with Crippen LogP contribution in [0.1, 0.15) is 33.1 Å². The zero-order valence-corrected chi connectivity index (χ0v) is 11.5. The molecular formula is C15H24N2O. The maximum atomic E-state index is 5.92. The number of ether oxygens (including phenoxy) is 1. The fourth-order valence-corrected chi connectivity index (χ4v) is 2.63. The van der Waals surface area contributed by atoms with Crippen LogP contribution in [0.4, 0.5) is 11.4 Å². The van der Waals surface area contributed by atoms with E-state index in [1.54, 1.807) is 0 Å². The van der Waals surface area contributed by atoms with E-state index in [4.69, 9.17) is 10.5 Å². The lowest BCUT2D eigenvalue weighted by atomic mass is 9.95. The van der Waals surface area contributed by atoms with Gasteiger partial charge in [0.15, 0.2) is 0 Å². The van der Waals surface area contributed by atoms with Crippen molar-refractivity contribution in [3.05, 3.63) is 18.2 Å². The Kier molecular flexibility index (Phi) is 4.34. The van der Waals surface area contributed by atoms with Crippen molar-refractivity contribution >= 4 is 11.4 Å². The van der Waals surface area contributed by atoms with Crippen molar-refractivity contribution in [3.63, 3.8) is 0 Å². The van der Waals surface area contributed by atoms with Crippen LogP contribution in [0.3, 0.4) is 0 Å². The van der Waals surface area contributed by atoms with E-state index >= 15 is 0 Å². The van der Waals surface area contributed by atoms with Crippen LogP contribution >= 0.6 is 0 Å². The number of anilines is 2. The average molecular weight is 248 g/mol. The summed E-state index contributed by atoms with van der Waals surface area (Å²) in [5.74, 6) is 1.64. The molecule has 0 aliphatic carbocycles. The summed E-state index contributed by atoms with van der Waals surface area (Å²) in [7, 11) is 0. The van der Waals surface area contributed by atoms with E-state index in [1.807, 2.05) is 13.0 Å². The van der Waals surface area contributed by atoms with Gasteiger partial charge in [-0.3, -0.25) is 0 Å². The van der Waals surface area contributed by atoms with Gasteiger partial charge in [0, 0.05) is 24.8 Å². The molecule has 1 unspecified atom stereocenters. The Labute approximate surface area is 110 Å². The highest BCUT2D eigenvalue weighted by atomic mass is 16.5. The van der Waals surface area contributed by atoms with Crippen molar-refractivity contribution in [2.75, 3.05) is 30.3 Å². The molecule has 2 rings (SSSR count). The summed E-state index contributed by atoms with van der Waals surface area (Å²) in [5, 5.41) is 0. The van der Waals surface area contributed by atoms with Crippen LogP contribution in [0.5, 0.6) is 5.75 Å². The second-order valence-corrected chi connectivity index (χ2v) is 5.02. The first-order valence-corrected chi connectivity index (χ1v) is 7.01. The Morgan fingerprint density at radius 1 is 1.39 bits per heavy atom. The van der Waals surface area contributed by atoms with E-state index in [0.717, 1.165) is 30.4 Å². The van der Waals surface area contributed by atoms with Crippen molar-refractivity contribution in [1.29, 1.82) is 0 Å². The first kappa shape index (κ1) is 13.1. The minimum Gasteiger partial charge on any atom is -0.492 e. The van der Waals surface area contributed by atoms with Crippen LogP contribution in [0.15, 0.2) is 18.2 Å². The molecule has 0 amide bonds. The minimum absolute atomic E-state index is 0.658. The van der Waals surface area contributed by atoms with Gasteiger partial charge in [0.1, 0.15) is 5.75 Å². The van der Waals surface area contributed by atoms with Crippen molar-refractivity contribution < 1.29 is 4.74 Å². The van der Waals surface area contributed by atoms with Crippen LogP contribution < -0.4 is 15.4 Å². The second-order valence-electron chi connectivity index (χ2n) is 5.02. The normalized spacial score (nSPS) is 19.9. The molecule has 0 aromatic heterocycles. The molecule has 18 heavy (non-hydrogen) atoms. The van der Waals surface area contributed by atoms with Gasteiger partial charge in [0.2, 0.25) is 0 Å². The van der Waals surface area contributed by atoms with Crippen molar-refractivity contribution in [2.45, 2.75) is 33.1 Å². The summed E-state index contributed by atoms with van der Waals surface area (Å²) in [5.41, 5.74) is 7.88. The highest BCUT2D eigenvalue weighted by Gasteiger charge is 2.19. The number of rotatable bonds is 4. The van der Waals surface area contributed by atoms with Gasteiger partial charge in [0.25, 0.3) is 0 Å². The van der Waals surface area contributed by atoms with E-state index in [-0.39, 0.29) is 0 Å². The van der Waals surface area contributed by atoms with Gasteiger partial charge >= 0.3 is 0 Å². The van der Waals surface area contributed by atoms with Gasteiger partial charge in [-0.2, -0.15) is 0 Å². The van der Waals surface area contributed by atoms with Gasteiger partial charge in [-0.15, -0.1) is 0 Å². The number of hydrogen-bond acceptors (Lipinski definition) is 3. The van der Waals surface area contributed by atoms with Gasteiger partial charge in [-0.25, -0.2) is 0 Å². The van der Waals surface area contributed by atoms with Gasteiger partial charge in [0.05, 0.1) is 12.3 Å². The highest BCUT2D eigenvalue weighted by molar-refractivity contribution is 5.62. The van der Waals surface area contributed by atoms with Crippen LogP contribution in [0.25, 0.3) is 0 Å². The van der Waals surface area contributed by atoms with E-state index in [2.05, 4.69) is 24.0 Å². The summed E-state index contributed by atoms with van der Waals surface area (Å²) in [6.45, 7) is 7.23. The van der Waals surface area contributed by atoms with Gasteiger partial charge in [-0.1, -0.05) is 13.3 Å². The predicted molar refractivity (Wildman–Crippen MR) is 77.3 cm³/mol. The fourth-order valence-electron chi connectivity index (χ4n) is 2.63. The molecule has 1 aromatic carbocycles. The number of nitrogens with zero attached hydrogens (tertiary/aromatic N) is 1. The third kappa shape index (κ3) is 2.89. The summed E-state index contributed by atoms with van der Waals surface area (Å²) >= 11 is 0. The molecule has 0 saturated carbocycles. The summed E-state index contributed by atoms with van der Waals surface area (Å²) < 4.78 is 5.57. The Balaban J connectivity index is 2.14. The van der Waals surface area contributed by atoms with Crippen LogP contribution in [-0.4, -0.2) is 19.7 Å². The topological polar surface area (TPSA) is 38.5 Å². The molecule has 1 atom stereocenters. The van der Waals surface area contributed by atoms with Gasteiger partial charge in [-0.05, 0) is 37.8 Å². The smallest absolute Gasteiger partial charge is 0.144 e. The third-order valence-corrected chi connectivity index (χ3v) is 3.76. The zero-order chi connectivity index (χ0) is 13.0. The lowest BCUT2D eigenvalue weighted by molar-refractivity contribution is 0.341. The lowest BCUT2D eigenvalue weighted by Crippen LogP contribution is -2.35. The molecule has 100 valence electrons. The van der Waals surface area contributed by atoms with Crippen LogP contribution in [0, 0.1) is 5.92 Å². The maximum absolute atomic E-state index is 5.92. The van der Waals surface area contributed by atoms with E-state index < -0.39 is 0 Å². The summed E-state index contributed by atoms with van der Waals surface area (Å²) in [6.07, 6.45) is 3.91. The van der Waals surface area contributed by atoms with Crippen LogP contribution in [-0.2, 0) is 0 Å².